The van der Waals surface area contributed by atoms with Crippen LogP contribution in [-0.2, 0) is 19.1 Å². The summed E-state index contributed by atoms with van der Waals surface area (Å²) in [6, 6.07) is 5.23. The highest BCUT2D eigenvalue weighted by Gasteiger charge is 2.16. The molecular weight excluding hydrogens is 312 g/mol. The Morgan fingerprint density at radius 3 is 2.33 bits per heavy atom. The van der Waals surface area contributed by atoms with E-state index in [1.807, 2.05) is 6.92 Å². The van der Waals surface area contributed by atoms with Crippen LogP contribution in [0, 0.1) is 12.8 Å². The molecule has 0 bridgehead atoms. The minimum absolute atomic E-state index is 0.0836. The molecule has 1 rings (SSSR count). The standard InChI is InChI=1S/C17H26N2O5/c1-11(2)10-24-14-7-6-13(8-12(14)3)19-17(21)16(20)18-9-15(22-4)23-5/h6-8,11,15H,9-10H2,1-5H3,(H,18,20)(H,19,21). The maximum atomic E-state index is 11.9. The van der Waals surface area contributed by atoms with Crippen molar-refractivity contribution in [1.29, 1.82) is 0 Å². The number of carbonyl (C=O) groups excluding carboxylic acids is 2. The molecule has 0 heterocycles. The third-order valence-electron chi connectivity index (χ3n) is 3.17. The van der Waals surface area contributed by atoms with Crippen molar-refractivity contribution in [2.75, 3.05) is 32.7 Å². The van der Waals surface area contributed by atoms with Crippen LogP contribution in [0.1, 0.15) is 19.4 Å². The van der Waals surface area contributed by atoms with Crippen LogP contribution in [0.15, 0.2) is 18.2 Å². The first-order valence-electron chi connectivity index (χ1n) is 7.75. The van der Waals surface area contributed by atoms with E-state index >= 15 is 0 Å². The Morgan fingerprint density at radius 1 is 1.12 bits per heavy atom. The van der Waals surface area contributed by atoms with Crippen LogP contribution in [0.5, 0.6) is 5.75 Å². The molecule has 1 aromatic rings. The van der Waals surface area contributed by atoms with Crippen molar-refractivity contribution in [2.45, 2.75) is 27.1 Å². The third kappa shape index (κ3) is 6.55. The van der Waals surface area contributed by atoms with Gasteiger partial charge < -0.3 is 24.8 Å². The van der Waals surface area contributed by atoms with Gasteiger partial charge in [-0.05, 0) is 36.6 Å². The van der Waals surface area contributed by atoms with E-state index in [4.69, 9.17) is 14.2 Å². The molecule has 24 heavy (non-hydrogen) atoms. The van der Waals surface area contributed by atoms with Gasteiger partial charge in [0.2, 0.25) is 0 Å². The summed E-state index contributed by atoms with van der Waals surface area (Å²) in [5.74, 6) is -0.326. The van der Waals surface area contributed by atoms with Gasteiger partial charge in [-0.25, -0.2) is 0 Å². The maximum Gasteiger partial charge on any atom is 0.313 e. The predicted molar refractivity (Wildman–Crippen MR) is 91.0 cm³/mol. The summed E-state index contributed by atoms with van der Waals surface area (Å²) in [5.41, 5.74) is 1.41. The van der Waals surface area contributed by atoms with Gasteiger partial charge in [-0.2, -0.15) is 0 Å². The van der Waals surface area contributed by atoms with E-state index in [0.29, 0.717) is 18.2 Å². The van der Waals surface area contributed by atoms with Gasteiger partial charge >= 0.3 is 11.8 Å². The lowest BCUT2D eigenvalue weighted by Crippen LogP contribution is -2.40. The minimum Gasteiger partial charge on any atom is -0.493 e. The number of methoxy groups -OCH3 is 2. The zero-order chi connectivity index (χ0) is 18.1. The van der Waals surface area contributed by atoms with E-state index < -0.39 is 18.1 Å². The zero-order valence-electron chi connectivity index (χ0n) is 14.8. The normalized spacial score (nSPS) is 10.8. The zero-order valence-corrected chi connectivity index (χ0v) is 14.8. The largest absolute Gasteiger partial charge is 0.493 e. The number of anilines is 1. The van der Waals surface area contributed by atoms with Gasteiger partial charge in [-0.1, -0.05) is 13.8 Å². The number of carbonyl (C=O) groups is 2. The highest BCUT2D eigenvalue weighted by Crippen LogP contribution is 2.22. The van der Waals surface area contributed by atoms with Gasteiger partial charge in [0.15, 0.2) is 6.29 Å². The lowest BCUT2D eigenvalue weighted by molar-refractivity contribution is -0.139. The van der Waals surface area contributed by atoms with Gasteiger partial charge in [0.25, 0.3) is 0 Å². The van der Waals surface area contributed by atoms with Crippen LogP contribution < -0.4 is 15.4 Å². The van der Waals surface area contributed by atoms with Crippen LogP contribution >= 0.6 is 0 Å². The van der Waals surface area contributed by atoms with Crippen LogP contribution in [0.2, 0.25) is 0 Å². The second-order valence-corrected chi connectivity index (χ2v) is 5.75. The van der Waals surface area contributed by atoms with Crippen molar-refractivity contribution in [3.05, 3.63) is 23.8 Å². The molecule has 0 atom stereocenters. The number of benzene rings is 1. The molecule has 0 saturated carbocycles. The van der Waals surface area contributed by atoms with Crippen molar-refractivity contribution >= 4 is 17.5 Å². The second-order valence-electron chi connectivity index (χ2n) is 5.75. The van der Waals surface area contributed by atoms with E-state index in [9.17, 15) is 9.59 Å². The van der Waals surface area contributed by atoms with Crippen molar-refractivity contribution < 1.29 is 23.8 Å². The summed E-state index contributed by atoms with van der Waals surface area (Å²) in [7, 11) is 2.90. The van der Waals surface area contributed by atoms with Crippen molar-refractivity contribution in [3.8, 4) is 5.75 Å². The van der Waals surface area contributed by atoms with E-state index in [1.165, 1.54) is 14.2 Å². The first-order valence-corrected chi connectivity index (χ1v) is 7.75. The molecule has 2 N–H and O–H groups in total. The van der Waals surface area contributed by atoms with Crippen LogP contribution in [0.25, 0.3) is 0 Å². The molecule has 0 spiro atoms. The first-order chi connectivity index (χ1) is 11.4. The number of nitrogens with one attached hydrogen (secondary N) is 2. The van der Waals surface area contributed by atoms with Gasteiger partial charge in [-0.15, -0.1) is 0 Å². The van der Waals surface area contributed by atoms with Crippen LogP contribution in [-0.4, -0.2) is 45.5 Å². The van der Waals surface area contributed by atoms with Gasteiger partial charge in [-0.3, -0.25) is 9.59 Å². The second kappa shape index (κ2) is 9.89. The molecule has 0 aromatic heterocycles. The van der Waals surface area contributed by atoms with Gasteiger partial charge in [0, 0.05) is 19.9 Å². The summed E-state index contributed by atoms with van der Waals surface area (Å²) in [5, 5.41) is 4.98. The number of ether oxygens (including phenoxy) is 3. The average Bonchev–Trinajstić information content (AvgIpc) is 2.54. The Kier molecular flexibility index (Phi) is 8.21. The average molecular weight is 338 g/mol. The highest BCUT2D eigenvalue weighted by molar-refractivity contribution is 6.39. The summed E-state index contributed by atoms with van der Waals surface area (Å²) >= 11 is 0. The quantitative estimate of drug-likeness (QED) is 0.557. The summed E-state index contributed by atoms with van der Waals surface area (Å²) in [6.45, 7) is 6.73. The Bertz CT molecular complexity index is 556. The smallest absolute Gasteiger partial charge is 0.313 e. The molecule has 0 aliphatic carbocycles. The Morgan fingerprint density at radius 2 is 1.79 bits per heavy atom. The molecule has 0 aliphatic heterocycles. The van der Waals surface area contributed by atoms with Crippen molar-refractivity contribution in [1.82, 2.24) is 5.32 Å². The lowest BCUT2D eigenvalue weighted by atomic mass is 10.2. The molecule has 0 unspecified atom stereocenters. The topological polar surface area (TPSA) is 85.9 Å². The molecule has 1 aromatic carbocycles. The van der Waals surface area contributed by atoms with E-state index in [2.05, 4.69) is 24.5 Å². The van der Waals surface area contributed by atoms with Gasteiger partial charge in [0.05, 0.1) is 13.2 Å². The number of hydrogen-bond acceptors (Lipinski definition) is 5. The Hall–Kier alpha value is -2.12. The minimum atomic E-state index is -0.758. The van der Waals surface area contributed by atoms with Crippen LogP contribution in [0.3, 0.4) is 0 Å². The van der Waals surface area contributed by atoms with E-state index in [-0.39, 0.29) is 6.54 Å². The number of rotatable bonds is 8. The van der Waals surface area contributed by atoms with Crippen LogP contribution in [0.4, 0.5) is 5.69 Å². The fraction of sp³-hybridized carbons (Fsp3) is 0.529. The van der Waals surface area contributed by atoms with Crippen molar-refractivity contribution in [3.63, 3.8) is 0 Å². The lowest BCUT2D eigenvalue weighted by Gasteiger charge is -2.14. The third-order valence-corrected chi connectivity index (χ3v) is 3.17. The summed E-state index contributed by atoms with van der Waals surface area (Å²) in [4.78, 5) is 23.6. The molecule has 7 heteroatoms. The fourth-order valence-electron chi connectivity index (χ4n) is 1.85. The SMILES string of the molecule is COC(CNC(=O)C(=O)Nc1ccc(OCC(C)C)c(C)c1)OC. The number of aryl methyl sites for hydroxylation is 1. The van der Waals surface area contributed by atoms with Crippen molar-refractivity contribution in [2.24, 2.45) is 5.92 Å². The summed E-state index contributed by atoms with van der Waals surface area (Å²) in [6.07, 6.45) is -0.596. The summed E-state index contributed by atoms with van der Waals surface area (Å²) < 4.78 is 15.5. The number of amides is 2. The predicted octanol–water partition coefficient (Wildman–Crippen LogP) is 1.70. The first kappa shape index (κ1) is 19.9. The molecule has 2 amide bonds. The molecule has 0 radical (unpaired) electrons. The molecule has 134 valence electrons. The Labute approximate surface area is 142 Å². The monoisotopic (exact) mass is 338 g/mol. The molecule has 0 saturated heterocycles. The van der Waals surface area contributed by atoms with Gasteiger partial charge in [0.1, 0.15) is 5.75 Å². The molecule has 0 fully saturated rings. The fourth-order valence-corrected chi connectivity index (χ4v) is 1.85. The van der Waals surface area contributed by atoms with E-state index in [0.717, 1.165) is 11.3 Å². The maximum absolute atomic E-state index is 11.9. The molecule has 0 aliphatic rings. The number of hydrogen-bond donors (Lipinski definition) is 2. The Balaban J connectivity index is 2.57. The molecular formula is C17H26N2O5. The molecule has 7 nitrogen and oxygen atoms in total. The van der Waals surface area contributed by atoms with E-state index in [1.54, 1.807) is 18.2 Å². The highest BCUT2D eigenvalue weighted by atomic mass is 16.7.